The number of hydrogen-bond acceptors (Lipinski definition) is 4. The lowest BCUT2D eigenvalue weighted by Crippen LogP contribution is -2.13. The number of alkyl halides is 3. The normalized spacial score (nSPS) is 10.7. The van der Waals surface area contributed by atoms with Gasteiger partial charge in [-0.3, -0.25) is 4.79 Å². The molecule has 100 valence electrons. The quantitative estimate of drug-likeness (QED) is 0.668. The molecule has 0 atom stereocenters. The minimum atomic E-state index is -2.71. The third-order valence-corrected chi connectivity index (χ3v) is 2.85. The van der Waals surface area contributed by atoms with Gasteiger partial charge in [0.1, 0.15) is 5.82 Å². The van der Waals surface area contributed by atoms with Crippen molar-refractivity contribution in [3.63, 3.8) is 0 Å². The lowest BCUT2D eigenvalue weighted by molar-refractivity contribution is -0.142. The Morgan fingerprint density at radius 2 is 2.28 bits per heavy atom. The van der Waals surface area contributed by atoms with E-state index in [9.17, 15) is 13.6 Å². The molecular formula is C11H13BrF2N2O2. The summed E-state index contributed by atoms with van der Waals surface area (Å²) in [5, 5.41) is 0.325. The molecule has 7 heteroatoms. The van der Waals surface area contributed by atoms with E-state index in [-0.39, 0.29) is 30.1 Å². The number of carbonyl (C=O) groups excluding carboxylic acids is 1. The molecule has 0 spiro atoms. The molecule has 0 fully saturated rings. The number of nitrogens with zero attached hydrogens (tertiary/aromatic N) is 1. The smallest absolute Gasteiger partial charge is 0.311 e. The van der Waals surface area contributed by atoms with Gasteiger partial charge in [0.05, 0.1) is 18.7 Å². The van der Waals surface area contributed by atoms with Gasteiger partial charge in [-0.05, 0) is 13.0 Å². The maximum atomic E-state index is 12.9. The van der Waals surface area contributed by atoms with Gasteiger partial charge in [0.15, 0.2) is 0 Å². The van der Waals surface area contributed by atoms with Crippen LogP contribution >= 0.6 is 15.9 Å². The summed E-state index contributed by atoms with van der Waals surface area (Å²) in [6.45, 7) is 1.83. The molecule has 18 heavy (non-hydrogen) atoms. The van der Waals surface area contributed by atoms with Crippen molar-refractivity contribution in [3.05, 3.63) is 22.9 Å². The molecule has 0 aromatic carbocycles. The van der Waals surface area contributed by atoms with Crippen LogP contribution in [0.25, 0.3) is 0 Å². The molecule has 1 aromatic heterocycles. The third kappa shape index (κ3) is 3.63. The number of nitrogens with two attached hydrogens (primary N) is 1. The van der Waals surface area contributed by atoms with Crippen molar-refractivity contribution >= 4 is 27.7 Å². The van der Waals surface area contributed by atoms with Crippen LogP contribution in [0.3, 0.4) is 0 Å². The molecule has 1 rings (SSSR count). The van der Waals surface area contributed by atoms with Crippen LogP contribution in [0.1, 0.15) is 30.2 Å². The summed E-state index contributed by atoms with van der Waals surface area (Å²) in [4.78, 5) is 15.2. The number of hydrogen-bond donors (Lipinski definition) is 1. The first-order valence-electron chi connectivity index (χ1n) is 5.27. The first kappa shape index (κ1) is 14.8. The van der Waals surface area contributed by atoms with Crippen molar-refractivity contribution in [2.24, 2.45) is 0 Å². The van der Waals surface area contributed by atoms with Gasteiger partial charge < -0.3 is 10.5 Å². The van der Waals surface area contributed by atoms with E-state index in [1.165, 1.54) is 6.07 Å². The predicted molar refractivity (Wildman–Crippen MR) is 66.6 cm³/mol. The van der Waals surface area contributed by atoms with Crippen LogP contribution in [0.2, 0.25) is 0 Å². The minimum absolute atomic E-state index is 0.0364. The van der Waals surface area contributed by atoms with Crippen LogP contribution < -0.4 is 5.73 Å². The van der Waals surface area contributed by atoms with Crippen LogP contribution in [0, 0.1) is 0 Å². The minimum Gasteiger partial charge on any atom is -0.466 e. The van der Waals surface area contributed by atoms with Crippen LogP contribution in [-0.2, 0) is 21.3 Å². The Morgan fingerprint density at radius 3 is 2.78 bits per heavy atom. The van der Waals surface area contributed by atoms with Crippen molar-refractivity contribution in [2.75, 3.05) is 12.3 Å². The van der Waals surface area contributed by atoms with Crippen molar-refractivity contribution in [1.82, 2.24) is 4.98 Å². The zero-order valence-electron chi connectivity index (χ0n) is 9.75. The third-order valence-electron chi connectivity index (χ3n) is 2.24. The Bertz CT molecular complexity index is 441. The number of ether oxygens (including phenoxy) is 1. The Kier molecular flexibility index (Phi) is 5.46. The fraction of sp³-hybridized carbons (Fsp3) is 0.455. The average Bonchev–Trinajstić information content (AvgIpc) is 2.29. The highest BCUT2D eigenvalue weighted by atomic mass is 79.9. The monoisotopic (exact) mass is 322 g/mol. The molecular weight excluding hydrogens is 310 g/mol. The largest absolute Gasteiger partial charge is 0.466 e. The van der Waals surface area contributed by atoms with E-state index in [0.29, 0.717) is 10.9 Å². The van der Waals surface area contributed by atoms with Crippen LogP contribution in [0.4, 0.5) is 14.6 Å². The lowest BCUT2D eigenvalue weighted by Gasteiger charge is -2.11. The van der Waals surface area contributed by atoms with Gasteiger partial charge in [0, 0.05) is 16.5 Å². The molecule has 0 radical (unpaired) electrons. The Morgan fingerprint density at radius 1 is 1.61 bits per heavy atom. The standard InChI is InChI=1S/C11H13BrF2N2O2/c1-2-18-9(17)4-8-7(10(13)14)3-6(5-12)11(15)16-8/h3,10H,2,4-5H2,1H3,(H2,15,16). The van der Waals surface area contributed by atoms with E-state index in [1.807, 2.05) is 0 Å². The van der Waals surface area contributed by atoms with E-state index in [1.54, 1.807) is 6.92 Å². The number of carbonyl (C=O) groups is 1. The second-order valence-electron chi connectivity index (χ2n) is 3.48. The summed E-state index contributed by atoms with van der Waals surface area (Å²) >= 11 is 3.14. The highest BCUT2D eigenvalue weighted by Gasteiger charge is 2.19. The molecule has 0 aliphatic heterocycles. The lowest BCUT2D eigenvalue weighted by atomic mass is 10.1. The molecule has 0 aliphatic rings. The first-order chi connectivity index (χ1) is 8.49. The number of pyridine rings is 1. The number of esters is 1. The van der Waals surface area contributed by atoms with E-state index >= 15 is 0 Å². The van der Waals surface area contributed by atoms with E-state index in [2.05, 4.69) is 20.9 Å². The van der Waals surface area contributed by atoms with Crippen molar-refractivity contribution < 1.29 is 18.3 Å². The zero-order chi connectivity index (χ0) is 13.7. The van der Waals surface area contributed by atoms with Crippen molar-refractivity contribution in [2.45, 2.75) is 25.1 Å². The van der Waals surface area contributed by atoms with Gasteiger partial charge >= 0.3 is 5.97 Å². The summed E-state index contributed by atoms with van der Waals surface area (Å²) in [6, 6.07) is 1.26. The summed E-state index contributed by atoms with van der Waals surface area (Å²) in [6.07, 6.45) is -3.01. The predicted octanol–water partition coefficient (Wildman–Crippen LogP) is 2.60. The zero-order valence-corrected chi connectivity index (χ0v) is 11.3. The second kappa shape index (κ2) is 6.63. The fourth-order valence-electron chi connectivity index (χ4n) is 1.41. The Balaban J connectivity index is 3.09. The number of aromatic nitrogens is 1. The van der Waals surface area contributed by atoms with Gasteiger partial charge in [-0.15, -0.1) is 0 Å². The summed E-state index contributed by atoms with van der Waals surface area (Å²) in [7, 11) is 0. The van der Waals surface area contributed by atoms with Crippen LogP contribution in [0.15, 0.2) is 6.07 Å². The SMILES string of the molecule is CCOC(=O)Cc1nc(N)c(CBr)cc1C(F)F. The topological polar surface area (TPSA) is 65.2 Å². The van der Waals surface area contributed by atoms with Gasteiger partial charge in [-0.25, -0.2) is 13.8 Å². The highest BCUT2D eigenvalue weighted by molar-refractivity contribution is 9.08. The van der Waals surface area contributed by atoms with Gasteiger partial charge in [0.2, 0.25) is 0 Å². The highest BCUT2D eigenvalue weighted by Crippen LogP contribution is 2.26. The molecule has 0 unspecified atom stereocenters. The van der Waals surface area contributed by atoms with Crippen LogP contribution in [0.5, 0.6) is 0 Å². The Labute approximate surface area is 112 Å². The second-order valence-corrected chi connectivity index (χ2v) is 4.05. The molecule has 0 bridgehead atoms. The van der Waals surface area contributed by atoms with Gasteiger partial charge in [-0.2, -0.15) is 0 Å². The van der Waals surface area contributed by atoms with E-state index < -0.39 is 12.4 Å². The molecule has 0 amide bonds. The molecule has 0 saturated heterocycles. The van der Waals surface area contributed by atoms with Gasteiger partial charge in [-0.1, -0.05) is 15.9 Å². The molecule has 1 aromatic rings. The number of anilines is 1. The van der Waals surface area contributed by atoms with E-state index in [0.717, 1.165) is 0 Å². The molecule has 0 aliphatic carbocycles. The number of rotatable bonds is 5. The summed E-state index contributed by atoms with van der Waals surface area (Å²) in [5.74, 6) is -0.464. The number of halogens is 3. The summed E-state index contributed by atoms with van der Waals surface area (Å²) in [5.41, 5.74) is 5.76. The molecule has 4 nitrogen and oxygen atoms in total. The molecule has 1 heterocycles. The first-order valence-corrected chi connectivity index (χ1v) is 6.39. The van der Waals surface area contributed by atoms with Gasteiger partial charge in [0.25, 0.3) is 6.43 Å². The van der Waals surface area contributed by atoms with Crippen LogP contribution in [-0.4, -0.2) is 17.6 Å². The maximum Gasteiger partial charge on any atom is 0.311 e. The summed E-state index contributed by atoms with van der Waals surface area (Å²) < 4.78 is 30.4. The average molecular weight is 323 g/mol. The Hall–Kier alpha value is -1.24. The van der Waals surface area contributed by atoms with Crippen molar-refractivity contribution in [1.29, 1.82) is 0 Å². The van der Waals surface area contributed by atoms with E-state index in [4.69, 9.17) is 10.5 Å². The fourth-order valence-corrected chi connectivity index (χ4v) is 1.86. The van der Waals surface area contributed by atoms with Crippen molar-refractivity contribution in [3.8, 4) is 0 Å². The number of nitrogen functional groups attached to an aromatic ring is 1. The maximum absolute atomic E-state index is 12.9. The molecule has 2 N–H and O–H groups in total. The molecule has 0 saturated carbocycles.